The lowest BCUT2D eigenvalue weighted by molar-refractivity contribution is -0.118. The van der Waals surface area contributed by atoms with Gasteiger partial charge in [0.15, 0.2) is 0 Å². The maximum atomic E-state index is 12.3. The van der Waals surface area contributed by atoms with Crippen LogP contribution in [-0.2, 0) is 42.7 Å². The third kappa shape index (κ3) is 17.6. The summed E-state index contributed by atoms with van der Waals surface area (Å²) in [5.41, 5.74) is 11.3. The molecule has 0 aliphatic rings. The van der Waals surface area contributed by atoms with Crippen molar-refractivity contribution in [1.82, 2.24) is 0 Å². The SMILES string of the molecule is NC(=O)Cc1ccc(F)cc1.NC(=O)Cc1ccc(F)cc1.O=S(=O)(O)CS(=O)(=O)O. The normalized spacial score (nSPS) is 10.7. The molecule has 31 heavy (non-hydrogen) atoms. The van der Waals surface area contributed by atoms with Gasteiger partial charge in [-0.2, -0.15) is 16.8 Å². The zero-order valence-corrected chi connectivity index (χ0v) is 17.4. The summed E-state index contributed by atoms with van der Waals surface area (Å²) < 4.78 is 78.8. The Labute approximate surface area is 177 Å². The van der Waals surface area contributed by atoms with E-state index in [0.29, 0.717) is 0 Å². The Hall–Kier alpha value is -2.94. The Morgan fingerprint density at radius 3 is 1.10 bits per heavy atom. The molecular formula is C17H20F2N2O8S2. The van der Waals surface area contributed by atoms with E-state index in [9.17, 15) is 35.2 Å². The van der Waals surface area contributed by atoms with Gasteiger partial charge in [-0.05, 0) is 35.4 Å². The van der Waals surface area contributed by atoms with Gasteiger partial charge in [0.2, 0.25) is 16.9 Å². The number of halogens is 2. The summed E-state index contributed by atoms with van der Waals surface area (Å²) in [6.45, 7) is 0. The van der Waals surface area contributed by atoms with Gasteiger partial charge in [-0.3, -0.25) is 18.7 Å². The van der Waals surface area contributed by atoms with Crippen molar-refractivity contribution in [3.05, 3.63) is 71.3 Å². The van der Waals surface area contributed by atoms with Crippen LogP contribution in [0.25, 0.3) is 0 Å². The Kier molecular flexibility index (Phi) is 11.5. The van der Waals surface area contributed by atoms with Crippen molar-refractivity contribution >= 4 is 32.1 Å². The van der Waals surface area contributed by atoms with E-state index in [1.54, 1.807) is 24.3 Å². The van der Waals surface area contributed by atoms with Crippen molar-refractivity contribution < 1.29 is 44.3 Å². The Morgan fingerprint density at radius 2 is 0.935 bits per heavy atom. The van der Waals surface area contributed by atoms with Crippen molar-refractivity contribution in [2.75, 3.05) is 5.08 Å². The number of hydrogen-bond donors (Lipinski definition) is 4. The van der Waals surface area contributed by atoms with Crippen LogP contribution in [0.15, 0.2) is 48.5 Å². The van der Waals surface area contributed by atoms with Crippen molar-refractivity contribution in [3.63, 3.8) is 0 Å². The van der Waals surface area contributed by atoms with E-state index in [2.05, 4.69) is 0 Å². The van der Waals surface area contributed by atoms with Crippen LogP contribution in [0.3, 0.4) is 0 Å². The van der Waals surface area contributed by atoms with Crippen molar-refractivity contribution in [1.29, 1.82) is 0 Å². The second-order valence-corrected chi connectivity index (χ2v) is 9.09. The summed E-state index contributed by atoms with van der Waals surface area (Å²) in [4.78, 5) is 20.8. The van der Waals surface area contributed by atoms with Gasteiger partial charge >= 0.3 is 0 Å². The second kappa shape index (κ2) is 12.7. The first-order chi connectivity index (χ1) is 14.1. The molecule has 6 N–H and O–H groups in total. The molecule has 0 aliphatic carbocycles. The van der Waals surface area contributed by atoms with Crippen LogP contribution in [0.1, 0.15) is 11.1 Å². The largest absolute Gasteiger partial charge is 0.369 e. The van der Waals surface area contributed by atoms with Crippen molar-refractivity contribution in [2.45, 2.75) is 12.8 Å². The van der Waals surface area contributed by atoms with Crippen LogP contribution in [-0.4, -0.2) is 42.8 Å². The first kappa shape index (κ1) is 28.1. The molecule has 2 aromatic rings. The fourth-order valence-corrected chi connectivity index (χ4v) is 3.30. The highest BCUT2D eigenvalue weighted by Crippen LogP contribution is 2.03. The molecule has 0 aliphatic heterocycles. The minimum atomic E-state index is -4.62. The number of amides is 2. The molecule has 0 saturated heterocycles. The van der Waals surface area contributed by atoms with Crippen molar-refractivity contribution in [3.8, 4) is 0 Å². The number of carbonyl (C=O) groups is 2. The van der Waals surface area contributed by atoms with Crippen LogP contribution in [0.5, 0.6) is 0 Å². The van der Waals surface area contributed by atoms with E-state index in [0.717, 1.165) is 11.1 Å². The van der Waals surface area contributed by atoms with Gasteiger partial charge in [0.1, 0.15) is 11.6 Å². The summed E-state index contributed by atoms with van der Waals surface area (Å²) in [6.07, 6.45) is 0.334. The van der Waals surface area contributed by atoms with Gasteiger partial charge < -0.3 is 11.5 Å². The molecule has 0 unspecified atom stereocenters. The van der Waals surface area contributed by atoms with Gasteiger partial charge in [0.05, 0.1) is 12.8 Å². The Morgan fingerprint density at radius 1 is 0.677 bits per heavy atom. The smallest absolute Gasteiger partial charge is 0.281 e. The maximum Gasteiger partial charge on any atom is 0.281 e. The monoisotopic (exact) mass is 482 g/mol. The third-order valence-electron chi connectivity index (χ3n) is 2.88. The first-order valence-corrected chi connectivity index (χ1v) is 11.2. The molecule has 2 aromatic carbocycles. The first-order valence-electron chi connectivity index (χ1n) is 8.03. The summed E-state index contributed by atoms with van der Waals surface area (Å²) in [7, 11) is -9.24. The quantitative estimate of drug-likeness (QED) is 0.425. The van der Waals surface area contributed by atoms with Gasteiger partial charge in [0, 0.05) is 0 Å². The van der Waals surface area contributed by atoms with E-state index < -0.39 is 37.1 Å². The lowest BCUT2D eigenvalue weighted by atomic mass is 10.1. The molecule has 0 bridgehead atoms. The number of carbonyl (C=O) groups excluding carboxylic acids is 2. The molecule has 0 heterocycles. The summed E-state index contributed by atoms with van der Waals surface area (Å²) in [5.74, 6) is -1.43. The highest BCUT2D eigenvalue weighted by molar-refractivity contribution is 8.02. The maximum absolute atomic E-state index is 12.3. The van der Waals surface area contributed by atoms with E-state index in [4.69, 9.17) is 20.6 Å². The van der Waals surface area contributed by atoms with Crippen LogP contribution in [0, 0.1) is 11.6 Å². The van der Waals surface area contributed by atoms with Crippen LogP contribution in [0.4, 0.5) is 8.78 Å². The minimum Gasteiger partial charge on any atom is -0.369 e. The van der Waals surface area contributed by atoms with E-state index >= 15 is 0 Å². The van der Waals surface area contributed by atoms with E-state index in [1.165, 1.54) is 24.3 Å². The molecule has 2 amide bonds. The molecule has 2 rings (SSSR count). The molecule has 0 aromatic heterocycles. The van der Waals surface area contributed by atoms with Crippen LogP contribution < -0.4 is 11.5 Å². The second-order valence-electron chi connectivity index (χ2n) is 5.82. The number of hydrogen-bond acceptors (Lipinski definition) is 6. The Balaban J connectivity index is 0.000000439. The predicted molar refractivity (Wildman–Crippen MR) is 107 cm³/mol. The number of nitrogens with two attached hydrogens (primary N) is 2. The molecule has 0 saturated carbocycles. The number of rotatable bonds is 6. The number of benzene rings is 2. The molecule has 14 heteroatoms. The summed E-state index contributed by atoms with van der Waals surface area (Å²) >= 11 is 0. The molecule has 172 valence electrons. The molecular weight excluding hydrogens is 462 g/mol. The molecule has 0 spiro atoms. The average molecular weight is 482 g/mol. The zero-order chi connectivity index (χ0) is 24.2. The lowest BCUT2D eigenvalue weighted by Crippen LogP contribution is -2.13. The standard InChI is InChI=1S/2C8H8FNO.CH4O6S2/c2*9-7-3-1-6(2-4-7)5-8(10)11;2-8(3,4)1-9(5,6)7/h2*1-4H,5H2,(H2,10,11);1H2,(H,2,3,4)(H,5,6,7). The molecule has 0 fully saturated rings. The Bertz CT molecular complexity index is 985. The summed E-state index contributed by atoms with van der Waals surface area (Å²) in [5, 5.41) is -1.65. The predicted octanol–water partition coefficient (Wildman–Crippen LogP) is 0.426. The van der Waals surface area contributed by atoms with Gasteiger partial charge in [-0.15, -0.1) is 0 Å². The number of primary amides is 2. The molecule has 10 nitrogen and oxygen atoms in total. The van der Waals surface area contributed by atoms with E-state index in [1.807, 2.05) is 0 Å². The fraction of sp³-hybridized carbons (Fsp3) is 0.176. The van der Waals surface area contributed by atoms with Gasteiger partial charge in [0.25, 0.3) is 20.2 Å². The minimum absolute atomic E-state index is 0.167. The average Bonchev–Trinajstić information content (AvgIpc) is 2.56. The summed E-state index contributed by atoms with van der Waals surface area (Å²) in [6, 6.07) is 11.4. The van der Waals surface area contributed by atoms with Gasteiger partial charge in [-0.1, -0.05) is 24.3 Å². The van der Waals surface area contributed by atoms with Crippen LogP contribution >= 0.6 is 0 Å². The van der Waals surface area contributed by atoms with Crippen molar-refractivity contribution in [2.24, 2.45) is 11.5 Å². The highest BCUT2D eigenvalue weighted by Gasteiger charge is 2.15. The zero-order valence-electron chi connectivity index (χ0n) is 15.8. The molecule has 0 radical (unpaired) electrons. The topological polar surface area (TPSA) is 195 Å². The van der Waals surface area contributed by atoms with Gasteiger partial charge in [-0.25, -0.2) is 8.78 Å². The van der Waals surface area contributed by atoms with E-state index in [-0.39, 0.29) is 24.5 Å². The molecule has 0 atom stereocenters. The van der Waals surface area contributed by atoms with Crippen LogP contribution in [0.2, 0.25) is 0 Å². The highest BCUT2D eigenvalue weighted by atomic mass is 32.3. The fourth-order valence-electron chi connectivity index (χ4n) is 1.80. The third-order valence-corrected chi connectivity index (χ3v) is 5.26. The lowest BCUT2D eigenvalue weighted by Gasteiger charge is -1.95.